The van der Waals surface area contributed by atoms with Crippen molar-refractivity contribution >= 4 is 0 Å². The molecular weight excluding hydrogens is 214 g/mol. The van der Waals surface area contributed by atoms with E-state index < -0.39 is 0 Å². The number of piperidine rings is 1. The Bertz CT molecular complexity index is 329. The number of nitrogens with one attached hydrogen (secondary N) is 2. The van der Waals surface area contributed by atoms with Crippen LogP contribution in [0.15, 0.2) is 6.33 Å². The Morgan fingerprint density at radius 1 is 1.59 bits per heavy atom. The summed E-state index contributed by atoms with van der Waals surface area (Å²) in [6, 6.07) is 1.19. The van der Waals surface area contributed by atoms with Crippen LogP contribution in [0.2, 0.25) is 0 Å². The van der Waals surface area contributed by atoms with Gasteiger partial charge in [0, 0.05) is 19.1 Å². The van der Waals surface area contributed by atoms with Crippen LogP contribution in [0, 0.1) is 0 Å². The van der Waals surface area contributed by atoms with E-state index in [1.165, 1.54) is 32.2 Å². The molecule has 1 aliphatic heterocycles. The molecule has 2 N–H and O–H groups in total. The van der Waals surface area contributed by atoms with E-state index in [9.17, 15) is 0 Å². The quantitative estimate of drug-likeness (QED) is 0.796. The number of hydrogen-bond acceptors (Lipinski definition) is 4. The summed E-state index contributed by atoms with van der Waals surface area (Å²) in [6.45, 7) is 4.17. The molecule has 2 atom stereocenters. The van der Waals surface area contributed by atoms with E-state index >= 15 is 0 Å². The standard InChI is InChI=1S/C12H23N5/c1-10(7-11-5-3-4-6-13-11)14-8-12-15-9-17(2)16-12/h9-11,13-14H,3-8H2,1-2H3. The molecule has 2 rings (SSSR count). The van der Waals surface area contributed by atoms with Crippen molar-refractivity contribution in [2.24, 2.45) is 7.05 Å². The molecule has 96 valence electrons. The highest BCUT2D eigenvalue weighted by molar-refractivity contribution is 4.83. The van der Waals surface area contributed by atoms with E-state index in [4.69, 9.17) is 0 Å². The maximum atomic E-state index is 4.26. The molecule has 1 saturated heterocycles. The van der Waals surface area contributed by atoms with Crippen molar-refractivity contribution < 1.29 is 0 Å². The number of aromatic nitrogens is 3. The second kappa shape index (κ2) is 6.12. The summed E-state index contributed by atoms with van der Waals surface area (Å²) < 4.78 is 1.74. The van der Waals surface area contributed by atoms with E-state index in [1.807, 2.05) is 7.05 Å². The predicted octanol–water partition coefficient (Wildman–Crippen LogP) is 0.825. The molecule has 0 spiro atoms. The summed E-state index contributed by atoms with van der Waals surface area (Å²) in [5.74, 6) is 0.871. The lowest BCUT2D eigenvalue weighted by molar-refractivity contribution is 0.343. The van der Waals surface area contributed by atoms with Crippen LogP contribution in [0.5, 0.6) is 0 Å². The van der Waals surface area contributed by atoms with Crippen molar-refractivity contribution in [3.05, 3.63) is 12.2 Å². The smallest absolute Gasteiger partial charge is 0.164 e. The number of aryl methyl sites for hydroxylation is 1. The lowest BCUT2D eigenvalue weighted by Crippen LogP contribution is -2.39. The second-order valence-electron chi connectivity index (χ2n) is 5.00. The van der Waals surface area contributed by atoms with Gasteiger partial charge in [-0.2, -0.15) is 5.10 Å². The Kier molecular flexibility index (Phi) is 4.50. The van der Waals surface area contributed by atoms with Crippen molar-refractivity contribution in [3.8, 4) is 0 Å². The molecule has 17 heavy (non-hydrogen) atoms. The van der Waals surface area contributed by atoms with Gasteiger partial charge in [0.05, 0.1) is 6.54 Å². The first kappa shape index (κ1) is 12.5. The van der Waals surface area contributed by atoms with Crippen molar-refractivity contribution in [3.63, 3.8) is 0 Å². The van der Waals surface area contributed by atoms with Crippen LogP contribution in [-0.4, -0.2) is 33.4 Å². The third-order valence-corrected chi connectivity index (χ3v) is 3.31. The van der Waals surface area contributed by atoms with Crippen molar-refractivity contribution in [2.45, 2.75) is 51.2 Å². The number of nitrogens with zero attached hydrogens (tertiary/aromatic N) is 3. The van der Waals surface area contributed by atoms with E-state index in [1.54, 1.807) is 11.0 Å². The lowest BCUT2D eigenvalue weighted by Gasteiger charge is -2.26. The van der Waals surface area contributed by atoms with E-state index in [0.29, 0.717) is 12.1 Å². The Balaban J connectivity index is 1.68. The molecule has 5 nitrogen and oxygen atoms in total. The fourth-order valence-electron chi connectivity index (χ4n) is 2.37. The van der Waals surface area contributed by atoms with Gasteiger partial charge >= 0.3 is 0 Å². The van der Waals surface area contributed by atoms with Gasteiger partial charge in [-0.05, 0) is 32.7 Å². The van der Waals surface area contributed by atoms with Crippen molar-refractivity contribution in [2.75, 3.05) is 6.54 Å². The Labute approximate surface area is 103 Å². The Morgan fingerprint density at radius 2 is 2.47 bits per heavy atom. The van der Waals surface area contributed by atoms with E-state index in [2.05, 4.69) is 27.6 Å². The molecule has 1 aromatic rings. The molecule has 1 fully saturated rings. The first-order chi connectivity index (χ1) is 8.24. The molecule has 0 bridgehead atoms. The molecule has 0 aromatic carbocycles. The largest absolute Gasteiger partial charge is 0.314 e. The van der Waals surface area contributed by atoms with Gasteiger partial charge in [-0.1, -0.05) is 6.42 Å². The molecule has 0 aliphatic carbocycles. The van der Waals surface area contributed by atoms with Gasteiger partial charge in [0.25, 0.3) is 0 Å². The molecule has 1 aromatic heterocycles. The van der Waals surface area contributed by atoms with Gasteiger partial charge in [-0.3, -0.25) is 4.68 Å². The normalized spacial score (nSPS) is 22.6. The summed E-state index contributed by atoms with van der Waals surface area (Å²) in [5, 5.41) is 11.3. The van der Waals surface area contributed by atoms with Crippen LogP contribution in [0.25, 0.3) is 0 Å². The highest BCUT2D eigenvalue weighted by Gasteiger charge is 2.15. The third-order valence-electron chi connectivity index (χ3n) is 3.31. The number of hydrogen-bond donors (Lipinski definition) is 2. The molecule has 2 unspecified atom stereocenters. The van der Waals surface area contributed by atoms with Crippen molar-refractivity contribution in [1.29, 1.82) is 0 Å². The number of rotatable bonds is 5. The van der Waals surface area contributed by atoms with Crippen LogP contribution in [0.4, 0.5) is 0 Å². The Hall–Kier alpha value is -0.940. The van der Waals surface area contributed by atoms with Gasteiger partial charge < -0.3 is 10.6 Å². The topological polar surface area (TPSA) is 54.8 Å². The first-order valence-corrected chi connectivity index (χ1v) is 6.55. The zero-order valence-corrected chi connectivity index (χ0v) is 10.8. The average Bonchev–Trinajstić information content (AvgIpc) is 2.74. The highest BCUT2D eigenvalue weighted by atomic mass is 15.3. The Morgan fingerprint density at radius 3 is 3.12 bits per heavy atom. The summed E-state index contributed by atoms with van der Waals surface area (Å²) in [4.78, 5) is 4.21. The summed E-state index contributed by atoms with van der Waals surface area (Å²) >= 11 is 0. The van der Waals surface area contributed by atoms with Gasteiger partial charge in [0.15, 0.2) is 5.82 Å². The van der Waals surface area contributed by atoms with Gasteiger partial charge in [0.2, 0.25) is 0 Å². The third kappa shape index (κ3) is 4.09. The van der Waals surface area contributed by atoms with Gasteiger partial charge in [-0.15, -0.1) is 0 Å². The van der Waals surface area contributed by atoms with E-state index in [0.717, 1.165) is 12.4 Å². The minimum Gasteiger partial charge on any atom is -0.314 e. The van der Waals surface area contributed by atoms with Crippen LogP contribution in [-0.2, 0) is 13.6 Å². The molecule has 0 amide bonds. The maximum absolute atomic E-state index is 4.26. The van der Waals surface area contributed by atoms with Crippen LogP contribution < -0.4 is 10.6 Å². The van der Waals surface area contributed by atoms with Gasteiger partial charge in [0.1, 0.15) is 6.33 Å². The monoisotopic (exact) mass is 237 g/mol. The van der Waals surface area contributed by atoms with E-state index in [-0.39, 0.29) is 0 Å². The maximum Gasteiger partial charge on any atom is 0.164 e. The highest BCUT2D eigenvalue weighted by Crippen LogP contribution is 2.11. The van der Waals surface area contributed by atoms with Crippen LogP contribution >= 0.6 is 0 Å². The average molecular weight is 237 g/mol. The summed E-state index contributed by atoms with van der Waals surface area (Å²) in [6.07, 6.45) is 6.94. The van der Waals surface area contributed by atoms with Crippen molar-refractivity contribution in [1.82, 2.24) is 25.4 Å². The molecule has 1 aliphatic rings. The minimum atomic E-state index is 0.509. The molecule has 0 saturated carbocycles. The SMILES string of the molecule is CC(CC1CCCCN1)NCc1ncn(C)n1. The first-order valence-electron chi connectivity index (χ1n) is 6.55. The zero-order chi connectivity index (χ0) is 12.1. The fourth-order valence-corrected chi connectivity index (χ4v) is 2.37. The summed E-state index contributed by atoms with van der Waals surface area (Å²) in [5.41, 5.74) is 0. The fraction of sp³-hybridized carbons (Fsp3) is 0.833. The van der Waals surface area contributed by atoms with Crippen LogP contribution in [0.3, 0.4) is 0 Å². The molecular formula is C12H23N5. The minimum absolute atomic E-state index is 0.509. The zero-order valence-electron chi connectivity index (χ0n) is 10.8. The summed E-state index contributed by atoms with van der Waals surface area (Å²) in [7, 11) is 1.89. The molecule has 2 heterocycles. The van der Waals surface area contributed by atoms with Crippen LogP contribution in [0.1, 0.15) is 38.4 Å². The molecule has 5 heteroatoms. The second-order valence-corrected chi connectivity index (χ2v) is 5.00. The predicted molar refractivity (Wildman–Crippen MR) is 67.6 cm³/mol. The lowest BCUT2D eigenvalue weighted by atomic mass is 9.99. The van der Waals surface area contributed by atoms with Gasteiger partial charge in [-0.25, -0.2) is 4.98 Å². The molecule has 0 radical (unpaired) electrons.